The Hall–Kier alpha value is -2.19. The molecule has 2 aromatic rings. The van der Waals surface area contributed by atoms with Crippen LogP contribution in [0, 0.1) is 24.0 Å². The van der Waals surface area contributed by atoms with E-state index in [1.807, 2.05) is 0 Å². The molecule has 0 atom stereocenters. The summed E-state index contributed by atoms with van der Waals surface area (Å²) in [6, 6.07) is 2.82. The first-order chi connectivity index (χ1) is 9.17. The minimum Gasteiger partial charge on any atom is -0.383 e. The molecular formula is C14H12F2N2O. The number of ether oxygens (including phenoxy) is 1. The maximum Gasteiger partial charge on any atom is 0.175 e. The van der Waals surface area contributed by atoms with Crippen molar-refractivity contribution in [1.29, 1.82) is 0 Å². The zero-order valence-corrected chi connectivity index (χ0v) is 10.4. The number of rotatable bonds is 4. The second-order valence-electron chi connectivity index (χ2n) is 3.92. The molecule has 1 aromatic carbocycles. The summed E-state index contributed by atoms with van der Waals surface area (Å²) in [7, 11) is 1.58. The summed E-state index contributed by atoms with van der Waals surface area (Å²) in [5, 5.41) is 4.05. The number of hydrogen-bond donors (Lipinski definition) is 0. The van der Waals surface area contributed by atoms with Crippen LogP contribution in [-0.2, 0) is 11.3 Å². The number of terminal acetylenes is 1. The number of nitrogens with zero attached hydrogens (tertiary/aromatic N) is 2. The average Bonchev–Trinajstić information content (AvgIpc) is 2.88. The molecule has 0 bridgehead atoms. The summed E-state index contributed by atoms with van der Waals surface area (Å²) < 4.78 is 34.0. The average molecular weight is 262 g/mol. The number of methoxy groups -OCH3 is 1. The van der Waals surface area contributed by atoms with Crippen LogP contribution in [0.2, 0.25) is 0 Å². The minimum absolute atomic E-state index is 0.0898. The Labute approximate surface area is 109 Å². The molecular weight excluding hydrogens is 250 g/mol. The normalized spacial score (nSPS) is 10.4. The lowest BCUT2D eigenvalue weighted by Gasteiger charge is -2.03. The fourth-order valence-corrected chi connectivity index (χ4v) is 1.69. The second kappa shape index (κ2) is 5.63. The molecule has 0 unspecified atom stereocenters. The lowest BCUT2D eigenvalue weighted by molar-refractivity contribution is 0.183. The van der Waals surface area contributed by atoms with Crippen molar-refractivity contribution in [2.75, 3.05) is 13.7 Å². The summed E-state index contributed by atoms with van der Waals surface area (Å²) in [5.41, 5.74) is 0.546. The van der Waals surface area contributed by atoms with Crippen molar-refractivity contribution in [3.63, 3.8) is 0 Å². The van der Waals surface area contributed by atoms with Crippen LogP contribution in [0.15, 0.2) is 24.5 Å². The first-order valence-corrected chi connectivity index (χ1v) is 5.63. The number of halogens is 2. The van der Waals surface area contributed by atoms with Crippen molar-refractivity contribution >= 4 is 0 Å². The lowest BCUT2D eigenvalue weighted by atomic mass is 10.1. The van der Waals surface area contributed by atoms with E-state index in [4.69, 9.17) is 11.2 Å². The Balaban J connectivity index is 2.35. The van der Waals surface area contributed by atoms with Gasteiger partial charge in [-0.15, -0.1) is 6.42 Å². The Morgan fingerprint density at radius 3 is 2.84 bits per heavy atom. The Morgan fingerprint density at radius 2 is 2.16 bits per heavy atom. The predicted octanol–water partition coefficient (Wildman–Crippen LogP) is 2.46. The quantitative estimate of drug-likeness (QED) is 0.791. The summed E-state index contributed by atoms with van der Waals surface area (Å²) in [6.07, 6.45) is 8.19. The van der Waals surface area contributed by atoms with Gasteiger partial charge in [0.05, 0.1) is 24.9 Å². The highest BCUT2D eigenvalue weighted by atomic mass is 19.2. The van der Waals surface area contributed by atoms with Gasteiger partial charge in [0.15, 0.2) is 11.6 Å². The van der Waals surface area contributed by atoms with Gasteiger partial charge in [0.25, 0.3) is 0 Å². The molecule has 0 fully saturated rings. The predicted molar refractivity (Wildman–Crippen MR) is 67.4 cm³/mol. The van der Waals surface area contributed by atoms with E-state index in [1.165, 1.54) is 18.3 Å². The standard InChI is InChI=1S/C14H12F2N2O/c1-3-10-4-5-12(14(16)13(10)15)11-8-17-18(9-11)6-7-19-2/h1,4-5,8-9H,6-7H2,2H3. The van der Waals surface area contributed by atoms with Crippen molar-refractivity contribution in [3.05, 3.63) is 41.7 Å². The third-order valence-corrected chi connectivity index (χ3v) is 2.71. The minimum atomic E-state index is -1.01. The largest absolute Gasteiger partial charge is 0.383 e. The van der Waals surface area contributed by atoms with E-state index in [2.05, 4.69) is 11.0 Å². The van der Waals surface area contributed by atoms with Gasteiger partial charge in [0.2, 0.25) is 0 Å². The van der Waals surface area contributed by atoms with Crippen LogP contribution < -0.4 is 0 Å². The van der Waals surface area contributed by atoms with Crippen LogP contribution in [0.25, 0.3) is 11.1 Å². The molecule has 19 heavy (non-hydrogen) atoms. The molecule has 0 amide bonds. The third kappa shape index (κ3) is 2.64. The highest BCUT2D eigenvalue weighted by molar-refractivity contribution is 5.64. The van der Waals surface area contributed by atoms with E-state index >= 15 is 0 Å². The molecule has 0 aliphatic rings. The summed E-state index contributed by atoms with van der Waals surface area (Å²) in [5.74, 6) is 0.129. The van der Waals surface area contributed by atoms with Gasteiger partial charge in [-0.25, -0.2) is 8.78 Å². The monoisotopic (exact) mass is 262 g/mol. The highest BCUT2D eigenvalue weighted by Crippen LogP contribution is 2.25. The smallest absolute Gasteiger partial charge is 0.175 e. The molecule has 2 rings (SSSR count). The fourth-order valence-electron chi connectivity index (χ4n) is 1.69. The molecule has 1 heterocycles. The van der Waals surface area contributed by atoms with Crippen molar-refractivity contribution in [2.24, 2.45) is 0 Å². The Kier molecular flexibility index (Phi) is 3.93. The molecule has 0 aliphatic heterocycles. The Morgan fingerprint density at radius 1 is 1.37 bits per heavy atom. The van der Waals surface area contributed by atoms with Crippen LogP contribution in [-0.4, -0.2) is 23.5 Å². The van der Waals surface area contributed by atoms with Gasteiger partial charge < -0.3 is 4.74 Å². The second-order valence-corrected chi connectivity index (χ2v) is 3.92. The van der Waals surface area contributed by atoms with E-state index in [1.54, 1.807) is 18.0 Å². The lowest BCUT2D eigenvalue weighted by Crippen LogP contribution is -2.03. The topological polar surface area (TPSA) is 27.1 Å². The van der Waals surface area contributed by atoms with Gasteiger partial charge in [-0.2, -0.15) is 5.10 Å². The zero-order valence-electron chi connectivity index (χ0n) is 10.4. The molecule has 0 saturated heterocycles. The SMILES string of the molecule is C#Cc1ccc(-c2cnn(CCOC)c2)c(F)c1F. The molecule has 1 aromatic heterocycles. The summed E-state index contributed by atoms with van der Waals surface area (Å²) in [6.45, 7) is 1.04. The fraction of sp³-hybridized carbons (Fsp3) is 0.214. The van der Waals surface area contributed by atoms with E-state index in [0.717, 1.165) is 0 Å². The number of benzene rings is 1. The maximum atomic E-state index is 13.9. The van der Waals surface area contributed by atoms with Gasteiger partial charge in [0, 0.05) is 24.4 Å². The first-order valence-electron chi connectivity index (χ1n) is 5.63. The summed E-state index contributed by atoms with van der Waals surface area (Å²) in [4.78, 5) is 0. The molecule has 5 heteroatoms. The first kappa shape index (κ1) is 13.2. The molecule has 98 valence electrons. The maximum absolute atomic E-state index is 13.9. The van der Waals surface area contributed by atoms with Crippen LogP contribution >= 0.6 is 0 Å². The van der Waals surface area contributed by atoms with E-state index in [0.29, 0.717) is 18.7 Å². The highest BCUT2D eigenvalue weighted by Gasteiger charge is 2.14. The zero-order chi connectivity index (χ0) is 13.8. The van der Waals surface area contributed by atoms with Crippen molar-refractivity contribution in [2.45, 2.75) is 6.54 Å². The van der Waals surface area contributed by atoms with Crippen molar-refractivity contribution in [1.82, 2.24) is 9.78 Å². The molecule has 0 radical (unpaired) electrons. The van der Waals surface area contributed by atoms with Crippen molar-refractivity contribution < 1.29 is 13.5 Å². The van der Waals surface area contributed by atoms with Gasteiger partial charge in [0.1, 0.15) is 0 Å². The number of hydrogen-bond acceptors (Lipinski definition) is 2. The van der Waals surface area contributed by atoms with Gasteiger partial charge in [-0.05, 0) is 12.1 Å². The van der Waals surface area contributed by atoms with Gasteiger partial charge in [-0.3, -0.25) is 4.68 Å². The van der Waals surface area contributed by atoms with Crippen LogP contribution in [0.4, 0.5) is 8.78 Å². The van der Waals surface area contributed by atoms with Crippen molar-refractivity contribution in [3.8, 4) is 23.5 Å². The van der Waals surface area contributed by atoms with E-state index in [-0.39, 0.29) is 11.1 Å². The summed E-state index contributed by atoms with van der Waals surface area (Å²) >= 11 is 0. The van der Waals surface area contributed by atoms with Crippen LogP contribution in [0.5, 0.6) is 0 Å². The number of aromatic nitrogens is 2. The molecule has 0 saturated carbocycles. The van der Waals surface area contributed by atoms with Gasteiger partial charge >= 0.3 is 0 Å². The Bertz CT molecular complexity index is 629. The van der Waals surface area contributed by atoms with E-state index < -0.39 is 11.6 Å². The van der Waals surface area contributed by atoms with Crippen LogP contribution in [0.3, 0.4) is 0 Å². The van der Waals surface area contributed by atoms with Gasteiger partial charge in [-0.1, -0.05) is 5.92 Å². The van der Waals surface area contributed by atoms with E-state index in [9.17, 15) is 8.78 Å². The molecule has 0 spiro atoms. The molecule has 3 nitrogen and oxygen atoms in total. The molecule has 0 aliphatic carbocycles. The third-order valence-electron chi connectivity index (χ3n) is 2.71. The van der Waals surface area contributed by atoms with Crippen LogP contribution in [0.1, 0.15) is 5.56 Å². The molecule has 0 N–H and O–H groups in total.